The maximum Gasteiger partial charge on any atom is 0.336 e. The Hall–Kier alpha value is -2.83. The summed E-state index contributed by atoms with van der Waals surface area (Å²) < 4.78 is 10.5. The fourth-order valence-electron chi connectivity index (χ4n) is 2.04. The molecule has 0 unspecified atom stereocenters. The van der Waals surface area contributed by atoms with Gasteiger partial charge in [-0.05, 0) is 24.6 Å². The highest BCUT2D eigenvalue weighted by molar-refractivity contribution is 5.81. The predicted molar refractivity (Wildman–Crippen MR) is 84.4 cm³/mol. The molecular formula is C16H18N2O5. The number of benzene rings is 1. The van der Waals surface area contributed by atoms with Crippen molar-refractivity contribution in [2.75, 3.05) is 19.7 Å². The van der Waals surface area contributed by atoms with Crippen LogP contribution in [0.5, 0.6) is 5.75 Å². The SMILES string of the molecule is CC(=O)NCCNC(=O)COc1ccc2c(C)cc(=O)oc2c1. The third kappa shape index (κ3) is 4.84. The van der Waals surface area contributed by atoms with Gasteiger partial charge in [0.25, 0.3) is 5.91 Å². The summed E-state index contributed by atoms with van der Waals surface area (Å²) in [4.78, 5) is 33.7. The Kier molecular flexibility index (Phi) is 5.35. The second kappa shape index (κ2) is 7.44. The van der Waals surface area contributed by atoms with Crippen LogP contribution in [-0.4, -0.2) is 31.5 Å². The second-order valence-electron chi connectivity index (χ2n) is 5.03. The number of rotatable bonds is 6. The molecule has 23 heavy (non-hydrogen) atoms. The molecule has 0 aliphatic heterocycles. The van der Waals surface area contributed by atoms with Gasteiger partial charge in [-0.3, -0.25) is 9.59 Å². The standard InChI is InChI=1S/C16H18N2O5/c1-10-7-16(21)23-14-8-12(3-4-13(10)14)22-9-15(20)18-6-5-17-11(2)19/h3-4,7-8H,5-6,9H2,1-2H3,(H,17,19)(H,18,20). The quantitative estimate of drug-likeness (QED) is 0.604. The molecule has 0 atom stereocenters. The molecule has 0 aliphatic carbocycles. The number of ether oxygens (including phenoxy) is 1. The first kappa shape index (κ1) is 16.5. The van der Waals surface area contributed by atoms with Crippen LogP contribution in [0.25, 0.3) is 11.0 Å². The molecule has 1 aromatic carbocycles. The lowest BCUT2D eigenvalue weighted by atomic mass is 10.1. The molecule has 1 heterocycles. The number of carbonyl (C=O) groups is 2. The summed E-state index contributed by atoms with van der Waals surface area (Å²) in [5, 5.41) is 6.00. The molecule has 1 aromatic heterocycles. The first-order valence-corrected chi connectivity index (χ1v) is 7.14. The second-order valence-corrected chi connectivity index (χ2v) is 5.03. The predicted octanol–water partition coefficient (Wildman–Crippen LogP) is 0.733. The Bertz CT molecular complexity index is 782. The topological polar surface area (TPSA) is 97.6 Å². The van der Waals surface area contributed by atoms with Gasteiger partial charge in [-0.15, -0.1) is 0 Å². The van der Waals surface area contributed by atoms with E-state index in [9.17, 15) is 14.4 Å². The molecule has 0 saturated heterocycles. The minimum Gasteiger partial charge on any atom is -0.484 e. The lowest BCUT2D eigenvalue weighted by Crippen LogP contribution is -2.36. The third-order valence-electron chi connectivity index (χ3n) is 3.11. The summed E-state index contributed by atoms with van der Waals surface area (Å²) in [5.41, 5.74) is 0.806. The zero-order chi connectivity index (χ0) is 16.8. The van der Waals surface area contributed by atoms with Gasteiger partial charge in [0.15, 0.2) is 6.61 Å². The van der Waals surface area contributed by atoms with Crippen molar-refractivity contribution in [3.05, 3.63) is 40.2 Å². The van der Waals surface area contributed by atoms with Gasteiger partial charge in [-0.1, -0.05) is 0 Å². The Morgan fingerprint density at radius 1 is 1.17 bits per heavy atom. The van der Waals surface area contributed by atoms with Crippen molar-refractivity contribution in [3.63, 3.8) is 0 Å². The Morgan fingerprint density at radius 3 is 2.65 bits per heavy atom. The maximum atomic E-state index is 11.6. The van der Waals surface area contributed by atoms with Gasteiger partial charge in [0.2, 0.25) is 5.91 Å². The zero-order valence-corrected chi connectivity index (χ0v) is 13.0. The fraction of sp³-hybridized carbons (Fsp3) is 0.312. The molecule has 7 nitrogen and oxygen atoms in total. The Morgan fingerprint density at radius 2 is 1.91 bits per heavy atom. The van der Waals surface area contributed by atoms with E-state index in [1.165, 1.54) is 13.0 Å². The van der Waals surface area contributed by atoms with Gasteiger partial charge in [0, 0.05) is 37.5 Å². The van der Waals surface area contributed by atoms with Gasteiger partial charge in [-0.2, -0.15) is 0 Å². The van der Waals surface area contributed by atoms with E-state index in [4.69, 9.17) is 9.15 Å². The summed E-state index contributed by atoms with van der Waals surface area (Å²) >= 11 is 0. The summed E-state index contributed by atoms with van der Waals surface area (Å²) in [6, 6.07) is 6.48. The fourth-order valence-corrected chi connectivity index (χ4v) is 2.04. The summed E-state index contributed by atoms with van der Waals surface area (Å²) in [7, 11) is 0. The van der Waals surface area contributed by atoms with E-state index in [0.717, 1.165) is 10.9 Å². The van der Waals surface area contributed by atoms with Crippen molar-refractivity contribution in [1.29, 1.82) is 0 Å². The first-order valence-electron chi connectivity index (χ1n) is 7.14. The summed E-state index contributed by atoms with van der Waals surface area (Å²) in [6.45, 7) is 3.75. The van der Waals surface area contributed by atoms with Gasteiger partial charge >= 0.3 is 5.63 Å². The number of fused-ring (bicyclic) bond motifs is 1. The van der Waals surface area contributed by atoms with E-state index in [-0.39, 0.29) is 18.4 Å². The van der Waals surface area contributed by atoms with Crippen LogP contribution >= 0.6 is 0 Å². The smallest absolute Gasteiger partial charge is 0.336 e. The average molecular weight is 318 g/mol. The molecule has 7 heteroatoms. The number of amides is 2. The highest BCUT2D eigenvalue weighted by atomic mass is 16.5. The van der Waals surface area contributed by atoms with Gasteiger partial charge < -0.3 is 19.8 Å². The largest absolute Gasteiger partial charge is 0.484 e. The van der Waals surface area contributed by atoms with E-state index in [1.807, 2.05) is 6.92 Å². The molecule has 122 valence electrons. The van der Waals surface area contributed by atoms with Crippen LogP contribution in [0.1, 0.15) is 12.5 Å². The van der Waals surface area contributed by atoms with Crippen molar-refractivity contribution >= 4 is 22.8 Å². The van der Waals surface area contributed by atoms with Crippen molar-refractivity contribution in [2.24, 2.45) is 0 Å². The third-order valence-corrected chi connectivity index (χ3v) is 3.11. The van der Waals surface area contributed by atoms with Crippen LogP contribution in [0.4, 0.5) is 0 Å². The summed E-state index contributed by atoms with van der Waals surface area (Å²) in [6.07, 6.45) is 0. The molecule has 0 aliphatic rings. The molecule has 0 radical (unpaired) electrons. The van der Waals surface area contributed by atoms with Crippen LogP contribution in [0.15, 0.2) is 33.5 Å². The van der Waals surface area contributed by atoms with Crippen molar-refractivity contribution in [2.45, 2.75) is 13.8 Å². The molecule has 0 fully saturated rings. The van der Waals surface area contributed by atoms with E-state index < -0.39 is 5.63 Å². The Labute approximate surface area is 132 Å². The molecule has 0 bridgehead atoms. The summed E-state index contributed by atoms with van der Waals surface area (Å²) in [5.74, 6) is -0.0205. The molecule has 2 aromatic rings. The number of hydrogen-bond donors (Lipinski definition) is 2. The lowest BCUT2D eigenvalue weighted by molar-refractivity contribution is -0.123. The van der Waals surface area contributed by atoms with E-state index >= 15 is 0 Å². The van der Waals surface area contributed by atoms with Gasteiger partial charge in [0.05, 0.1) is 0 Å². The molecule has 0 saturated carbocycles. The molecule has 2 amide bonds. The zero-order valence-electron chi connectivity index (χ0n) is 13.0. The maximum absolute atomic E-state index is 11.6. The monoisotopic (exact) mass is 318 g/mol. The number of hydrogen-bond acceptors (Lipinski definition) is 5. The van der Waals surface area contributed by atoms with Crippen LogP contribution in [0, 0.1) is 6.92 Å². The molecule has 2 N–H and O–H groups in total. The van der Waals surface area contributed by atoms with Gasteiger partial charge in [0.1, 0.15) is 11.3 Å². The molecule has 2 rings (SSSR count). The van der Waals surface area contributed by atoms with Crippen LogP contribution in [-0.2, 0) is 9.59 Å². The van der Waals surface area contributed by atoms with Crippen LogP contribution < -0.4 is 21.0 Å². The normalized spacial score (nSPS) is 10.3. The molecule has 0 spiro atoms. The number of aryl methyl sites for hydroxylation is 1. The Balaban J connectivity index is 1.90. The van der Waals surface area contributed by atoms with Crippen molar-refractivity contribution in [1.82, 2.24) is 10.6 Å². The lowest BCUT2D eigenvalue weighted by Gasteiger charge is -2.08. The van der Waals surface area contributed by atoms with Gasteiger partial charge in [-0.25, -0.2) is 4.79 Å². The van der Waals surface area contributed by atoms with Crippen molar-refractivity contribution < 1.29 is 18.7 Å². The van der Waals surface area contributed by atoms with E-state index in [1.54, 1.807) is 18.2 Å². The van der Waals surface area contributed by atoms with Crippen LogP contribution in [0.2, 0.25) is 0 Å². The van der Waals surface area contributed by atoms with E-state index in [0.29, 0.717) is 24.4 Å². The minimum atomic E-state index is -0.428. The number of nitrogens with one attached hydrogen (secondary N) is 2. The highest BCUT2D eigenvalue weighted by Gasteiger charge is 2.06. The molecular weight excluding hydrogens is 300 g/mol. The highest BCUT2D eigenvalue weighted by Crippen LogP contribution is 2.22. The minimum absolute atomic E-state index is 0.150. The average Bonchev–Trinajstić information content (AvgIpc) is 2.48. The first-order chi connectivity index (χ1) is 11.0. The van der Waals surface area contributed by atoms with Crippen molar-refractivity contribution in [3.8, 4) is 5.75 Å². The van der Waals surface area contributed by atoms with E-state index in [2.05, 4.69) is 10.6 Å². The van der Waals surface area contributed by atoms with Crippen LogP contribution in [0.3, 0.4) is 0 Å². The number of carbonyl (C=O) groups excluding carboxylic acids is 2.